The Morgan fingerprint density at radius 1 is 1.38 bits per heavy atom. The van der Waals surface area contributed by atoms with Gasteiger partial charge in [-0.05, 0) is 13.8 Å². The number of amides is 1. The predicted molar refractivity (Wildman–Crippen MR) is 82.1 cm³/mol. The Morgan fingerprint density at radius 2 is 2.14 bits per heavy atom. The van der Waals surface area contributed by atoms with Gasteiger partial charge in [-0.2, -0.15) is 0 Å². The molecule has 1 aromatic rings. The standard InChI is InChI=1S/C14H22N4O2S/c1-10-12(11(2)20-16-10)7-17-3-5-18(6-4-17)14(19)13-8-21-9-15-13/h13,15H,3-9H2,1-2H3/t13-/m1/s1. The van der Waals surface area contributed by atoms with Crippen LogP contribution >= 0.6 is 11.8 Å². The molecule has 21 heavy (non-hydrogen) atoms. The fourth-order valence-corrected chi connectivity index (χ4v) is 3.78. The van der Waals surface area contributed by atoms with E-state index in [1.165, 1.54) is 5.56 Å². The third-order valence-electron chi connectivity index (χ3n) is 4.26. The van der Waals surface area contributed by atoms with E-state index in [-0.39, 0.29) is 11.9 Å². The van der Waals surface area contributed by atoms with Crippen molar-refractivity contribution in [2.75, 3.05) is 37.8 Å². The van der Waals surface area contributed by atoms with Crippen LogP contribution in [0.25, 0.3) is 0 Å². The van der Waals surface area contributed by atoms with Crippen LogP contribution in [0.3, 0.4) is 0 Å². The first-order valence-corrected chi connectivity index (χ1v) is 8.54. The van der Waals surface area contributed by atoms with Gasteiger partial charge in [-0.25, -0.2) is 0 Å². The molecule has 116 valence electrons. The average Bonchev–Trinajstić information content (AvgIpc) is 3.13. The SMILES string of the molecule is Cc1noc(C)c1CN1CCN(C(=O)[C@H]2CSCN2)CC1. The van der Waals surface area contributed by atoms with Gasteiger partial charge in [0.1, 0.15) is 5.76 Å². The zero-order valence-corrected chi connectivity index (χ0v) is 13.4. The highest BCUT2D eigenvalue weighted by molar-refractivity contribution is 7.99. The number of rotatable bonds is 3. The molecule has 2 aliphatic rings. The number of piperazine rings is 1. The second kappa shape index (κ2) is 6.37. The Balaban J connectivity index is 1.52. The zero-order valence-electron chi connectivity index (χ0n) is 12.6. The largest absolute Gasteiger partial charge is 0.361 e. The number of carbonyl (C=O) groups excluding carboxylic acids is 1. The fraction of sp³-hybridized carbons (Fsp3) is 0.714. The molecule has 3 heterocycles. The number of hydrogen-bond acceptors (Lipinski definition) is 6. The molecule has 0 aliphatic carbocycles. The molecule has 0 radical (unpaired) electrons. The zero-order chi connectivity index (χ0) is 14.8. The number of aromatic nitrogens is 1. The summed E-state index contributed by atoms with van der Waals surface area (Å²) in [6, 6.07) is 0.0177. The van der Waals surface area contributed by atoms with Gasteiger partial charge in [0.2, 0.25) is 5.91 Å². The van der Waals surface area contributed by atoms with Crippen LogP contribution in [0.15, 0.2) is 4.52 Å². The molecular formula is C14H22N4O2S. The van der Waals surface area contributed by atoms with Crippen LogP contribution in [0.1, 0.15) is 17.0 Å². The molecule has 1 atom stereocenters. The molecule has 0 unspecified atom stereocenters. The van der Waals surface area contributed by atoms with Crippen LogP contribution in [0.5, 0.6) is 0 Å². The van der Waals surface area contributed by atoms with E-state index in [1.807, 2.05) is 18.7 Å². The maximum absolute atomic E-state index is 12.3. The van der Waals surface area contributed by atoms with Crippen LogP contribution in [0.4, 0.5) is 0 Å². The van der Waals surface area contributed by atoms with Gasteiger partial charge in [-0.15, -0.1) is 11.8 Å². The Kier molecular flexibility index (Phi) is 4.51. The molecule has 1 aromatic heterocycles. The first-order chi connectivity index (χ1) is 10.1. The van der Waals surface area contributed by atoms with E-state index < -0.39 is 0 Å². The van der Waals surface area contributed by atoms with E-state index in [1.54, 1.807) is 11.8 Å². The van der Waals surface area contributed by atoms with Crippen LogP contribution < -0.4 is 5.32 Å². The Morgan fingerprint density at radius 3 is 2.71 bits per heavy atom. The maximum Gasteiger partial charge on any atom is 0.240 e. The molecular weight excluding hydrogens is 288 g/mol. The van der Waals surface area contributed by atoms with Gasteiger partial charge in [-0.3, -0.25) is 15.0 Å². The third kappa shape index (κ3) is 3.25. The molecule has 2 fully saturated rings. The van der Waals surface area contributed by atoms with Crippen molar-refractivity contribution < 1.29 is 9.32 Å². The van der Waals surface area contributed by atoms with E-state index in [2.05, 4.69) is 15.4 Å². The third-order valence-corrected chi connectivity index (χ3v) is 5.20. The number of aryl methyl sites for hydroxylation is 2. The molecule has 1 N–H and O–H groups in total. The lowest BCUT2D eigenvalue weighted by molar-refractivity contribution is -0.134. The predicted octanol–water partition coefficient (Wildman–Crippen LogP) is 0.598. The molecule has 0 aromatic carbocycles. The lowest BCUT2D eigenvalue weighted by Crippen LogP contribution is -2.53. The number of nitrogens with one attached hydrogen (secondary N) is 1. The highest BCUT2D eigenvalue weighted by Gasteiger charge is 2.29. The van der Waals surface area contributed by atoms with Gasteiger partial charge in [-0.1, -0.05) is 5.16 Å². The van der Waals surface area contributed by atoms with Gasteiger partial charge in [0.25, 0.3) is 0 Å². The minimum Gasteiger partial charge on any atom is -0.361 e. The van der Waals surface area contributed by atoms with Crippen LogP contribution in [0, 0.1) is 13.8 Å². The summed E-state index contributed by atoms with van der Waals surface area (Å²) in [6.07, 6.45) is 0. The van der Waals surface area contributed by atoms with Crippen molar-refractivity contribution >= 4 is 17.7 Å². The summed E-state index contributed by atoms with van der Waals surface area (Å²) in [6.45, 7) is 8.25. The average molecular weight is 310 g/mol. The summed E-state index contributed by atoms with van der Waals surface area (Å²) >= 11 is 1.79. The van der Waals surface area contributed by atoms with Crippen molar-refractivity contribution in [1.82, 2.24) is 20.3 Å². The Hall–Kier alpha value is -1.05. The Bertz CT molecular complexity index is 486. The summed E-state index contributed by atoms with van der Waals surface area (Å²) in [5, 5.41) is 7.25. The van der Waals surface area contributed by atoms with Crippen molar-refractivity contribution in [3.8, 4) is 0 Å². The second-order valence-electron chi connectivity index (χ2n) is 5.68. The minimum absolute atomic E-state index is 0.0177. The minimum atomic E-state index is 0.0177. The number of nitrogens with zero attached hydrogens (tertiary/aromatic N) is 3. The van der Waals surface area contributed by atoms with E-state index in [0.29, 0.717) is 0 Å². The fourth-order valence-electron chi connectivity index (χ4n) is 2.85. The molecule has 0 saturated carbocycles. The topological polar surface area (TPSA) is 61.6 Å². The molecule has 2 aliphatic heterocycles. The highest BCUT2D eigenvalue weighted by Crippen LogP contribution is 2.17. The van der Waals surface area contributed by atoms with Gasteiger partial charge >= 0.3 is 0 Å². The first-order valence-electron chi connectivity index (χ1n) is 7.39. The van der Waals surface area contributed by atoms with Gasteiger partial charge in [0, 0.05) is 49.9 Å². The molecule has 2 saturated heterocycles. The summed E-state index contributed by atoms with van der Waals surface area (Å²) in [5.41, 5.74) is 2.15. The second-order valence-corrected chi connectivity index (χ2v) is 6.71. The van der Waals surface area contributed by atoms with Gasteiger partial charge < -0.3 is 9.42 Å². The van der Waals surface area contributed by atoms with Crippen molar-refractivity contribution in [3.05, 3.63) is 17.0 Å². The van der Waals surface area contributed by atoms with Gasteiger partial charge in [0.05, 0.1) is 11.7 Å². The van der Waals surface area contributed by atoms with Crippen molar-refractivity contribution in [2.24, 2.45) is 0 Å². The number of thioether (sulfide) groups is 1. The summed E-state index contributed by atoms with van der Waals surface area (Å²) in [5.74, 6) is 2.95. The maximum atomic E-state index is 12.3. The van der Waals surface area contributed by atoms with E-state index >= 15 is 0 Å². The lowest BCUT2D eigenvalue weighted by atomic mass is 10.1. The summed E-state index contributed by atoms with van der Waals surface area (Å²) in [7, 11) is 0. The molecule has 1 amide bonds. The van der Waals surface area contributed by atoms with Crippen molar-refractivity contribution in [3.63, 3.8) is 0 Å². The molecule has 6 nitrogen and oxygen atoms in total. The monoisotopic (exact) mass is 310 g/mol. The molecule has 0 bridgehead atoms. The van der Waals surface area contributed by atoms with Crippen LogP contribution in [-0.2, 0) is 11.3 Å². The highest BCUT2D eigenvalue weighted by atomic mass is 32.2. The van der Waals surface area contributed by atoms with E-state index in [0.717, 1.165) is 55.8 Å². The van der Waals surface area contributed by atoms with Crippen molar-refractivity contribution in [1.29, 1.82) is 0 Å². The normalized spacial score (nSPS) is 23.7. The van der Waals surface area contributed by atoms with Crippen molar-refractivity contribution in [2.45, 2.75) is 26.4 Å². The number of carbonyl (C=O) groups is 1. The Labute approximate surface area is 129 Å². The quantitative estimate of drug-likeness (QED) is 0.882. The molecule has 3 rings (SSSR count). The van der Waals surface area contributed by atoms with E-state index in [9.17, 15) is 4.79 Å². The number of hydrogen-bond donors (Lipinski definition) is 1. The summed E-state index contributed by atoms with van der Waals surface area (Å²) < 4.78 is 5.21. The lowest BCUT2D eigenvalue weighted by Gasteiger charge is -2.35. The van der Waals surface area contributed by atoms with E-state index in [4.69, 9.17) is 4.52 Å². The van der Waals surface area contributed by atoms with Crippen LogP contribution in [0.2, 0.25) is 0 Å². The van der Waals surface area contributed by atoms with Gasteiger partial charge in [0.15, 0.2) is 0 Å². The molecule has 7 heteroatoms. The smallest absolute Gasteiger partial charge is 0.240 e. The van der Waals surface area contributed by atoms with Crippen LogP contribution in [-0.4, -0.2) is 64.7 Å². The summed E-state index contributed by atoms with van der Waals surface area (Å²) in [4.78, 5) is 16.7. The molecule has 0 spiro atoms. The first kappa shape index (κ1) is 14.9.